The lowest BCUT2D eigenvalue weighted by Gasteiger charge is -2.07. The van der Waals surface area contributed by atoms with Crippen molar-refractivity contribution in [2.24, 2.45) is 0 Å². The fourth-order valence-corrected chi connectivity index (χ4v) is 2.43. The van der Waals surface area contributed by atoms with Crippen LogP contribution in [0.4, 0.5) is 0 Å². The van der Waals surface area contributed by atoms with Gasteiger partial charge < -0.3 is 19.8 Å². The lowest BCUT2D eigenvalue weighted by molar-refractivity contribution is -0.147. The van der Waals surface area contributed by atoms with Gasteiger partial charge in [-0.05, 0) is 31.4 Å². The molecular formula is C19H24N2O5. The van der Waals surface area contributed by atoms with Gasteiger partial charge in [-0.2, -0.15) is 0 Å². The molecule has 2 amide bonds. The highest BCUT2D eigenvalue weighted by Gasteiger charge is 2.15. The molecule has 7 nitrogen and oxygen atoms in total. The van der Waals surface area contributed by atoms with Crippen LogP contribution in [0.5, 0.6) is 0 Å². The fourth-order valence-electron chi connectivity index (χ4n) is 2.43. The minimum Gasteiger partial charge on any atom is -0.464 e. The zero-order valence-electron chi connectivity index (χ0n) is 15.3. The zero-order chi connectivity index (χ0) is 19.1. The van der Waals surface area contributed by atoms with Crippen molar-refractivity contribution >= 4 is 28.8 Å². The van der Waals surface area contributed by atoms with E-state index >= 15 is 0 Å². The van der Waals surface area contributed by atoms with Gasteiger partial charge in [-0.25, -0.2) is 0 Å². The Hall–Kier alpha value is -2.83. The highest BCUT2D eigenvalue weighted by Crippen LogP contribution is 2.26. The Morgan fingerprint density at radius 2 is 1.88 bits per heavy atom. The molecule has 0 radical (unpaired) electrons. The second-order valence-electron chi connectivity index (χ2n) is 6.11. The number of fused-ring (bicyclic) bond motifs is 1. The molecule has 1 heterocycles. The van der Waals surface area contributed by atoms with Crippen LogP contribution in [0.25, 0.3) is 11.0 Å². The van der Waals surface area contributed by atoms with E-state index in [-0.39, 0.29) is 18.9 Å². The molecule has 0 saturated heterocycles. The second kappa shape index (κ2) is 9.03. The quantitative estimate of drug-likeness (QED) is 0.699. The van der Waals surface area contributed by atoms with Crippen LogP contribution < -0.4 is 10.6 Å². The average Bonchev–Trinajstić information content (AvgIpc) is 3.02. The summed E-state index contributed by atoms with van der Waals surface area (Å²) in [6.45, 7) is 5.89. The van der Waals surface area contributed by atoms with Gasteiger partial charge in [-0.1, -0.05) is 19.1 Å². The number of carbonyl (C=O) groups is 3. The van der Waals surface area contributed by atoms with Gasteiger partial charge >= 0.3 is 5.97 Å². The summed E-state index contributed by atoms with van der Waals surface area (Å²) in [5, 5.41) is 5.90. The monoisotopic (exact) mass is 360 g/mol. The van der Waals surface area contributed by atoms with Gasteiger partial charge in [0, 0.05) is 17.5 Å². The summed E-state index contributed by atoms with van der Waals surface area (Å²) in [6.07, 6.45) is 2.37. The molecule has 0 aliphatic rings. The minimum absolute atomic E-state index is 0.0137. The number of rotatable bonds is 8. The molecule has 140 valence electrons. The molecule has 2 rings (SSSR count). The summed E-state index contributed by atoms with van der Waals surface area (Å²) in [4.78, 5) is 35.0. The first-order chi connectivity index (χ1) is 12.4. The normalized spacial score (nSPS) is 10.6. The first-order valence-electron chi connectivity index (χ1n) is 8.57. The van der Waals surface area contributed by atoms with Crippen LogP contribution in [0.3, 0.4) is 0 Å². The predicted octanol–water partition coefficient (Wildman–Crippen LogP) is 1.78. The van der Waals surface area contributed by atoms with Gasteiger partial charge in [-0.15, -0.1) is 0 Å². The average molecular weight is 360 g/mol. The number of esters is 1. The van der Waals surface area contributed by atoms with Crippen molar-refractivity contribution in [3.05, 3.63) is 35.1 Å². The van der Waals surface area contributed by atoms with Crippen molar-refractivity contribution in [3.8, 4) is 0 Å². The molecule has 0 aliphatic carbocycles. The Kier molecular flexibility index (Phi) is 6.77. The van der Waals surface area contributed by atoms with Crippen LogP contribution >= 0.6 is 0 Å². The van der Waals surface area contributed by atoms with E-state index in [4.69, 9.17) is 9.15 Å². The van der Waals surface area contributed by atoms with Crippen LogP contribution in [0.1, 0.15) is 30.0 Å². The number of amides is 2. The first kappa shape index (κ1) is 19.5. The van der Waals surface area contributed by atoms with E-state index in [1.807, 2.05) is 32.9 Å². The Labute approximate surface area is 152 Å². The lowest BCUT2D eigenvalue weighted by atomic mass is 10.0. The van der Waals surface area contributed by atoms with E-state index in [0.717, 1.165) is 28.5 Å². The summed E-state index contributed by atoms with van der Waals surface area (Å²) in [5.74, 6) is -1.33. The number of aryl methyl sites for hydroxylation is 2. The summed E-state index contributed by atoms with van der Waals surface area (Å²) in [6, 6.07) is 3.88. The van der Waals surface area contributed by atoms with Crippen LogP contribution in [-0.2, 0) is 25.5 Å². The number of ether oxygens (including phenoxy) is 1. The molecule has 0 saturated carbocycles. The largest absolute Gasteiger partial charge is 0.464 e. The third-order valence-electron chi connectivity index (χ3n) is 4.06. The molecular weight excluding hydrogens is 336 g/mol. The standard InChI is InChI=1S/C19H24N2O5/c1-4-7-20-16(22)9-21-17(23)11-25-18(24)8-14-10-26-19-13(3)12(2)5-6-15(14)19/h5-6,10H,4,7-9,11H2,1-3H3,(H,20,22)(H,21,23). The molecule has 0 bridgehead atoms. The van der Waals surface area contributed by atoms with E-state index in [0.29, 0.717) is 12.1 Å². The van der Waals surface area contributed by atoms with Crippen molar-refractivity contribution < 1.29 is 23.5 Å². The fraction of sp³-hybridized carbons (Fsp3) is 0.421. The third-order valence-corrected chi connectivity index (χ3v) is 4.06. The van der Waals surface area contributed by atoms with E-state index in [1.165, 1.54) is 6.26 Å². The van der Waals surface area contributed by atoms with Crippen molar-refractivity contribution in [1.29, 1.82) is 0 Å². The highest BCUT2D eigenvalue weighted by molar-refractivity contribution is 5.89. The Morgan fingerprint density at radius 1 is 1.12 bits per heavy atom. The predicted molar refractivity (Wildman–Crippen MR) is 96.7 cm³/mol. The molecule has 2 aromatic rings. The molecule has 1 aromatic carbocycles. The van der Waals surface area contributed by atoms with Gasteiger partial charge in [-0.3, -0.25) is 14.4 Å². The maximum Gasteiger partial charge on any atom is 0.310 e. The maximum absolute atomic E-state index is 12.0. The van der Waals surface area contributed by atoms with Gasteiger partial charge in [0.15, 0.2) is 6.61 Å². The van der Waals surface area contributed by atoms with Crippen LogP contribution in [0.2, 0.25) is 0 Å². The number of carbonyl (C=O) groups excluding carboxylic acids is 3. The van der Waals surface area contributed by atoms with Gasteiger partial charge in [0.05, 0.1) is 19.2 Å². The van der Waals surface area contributed by atoms with Crippen LogP contribution in [-0.4, -0.2) is 37.5 Å². The summed E-state index contributed by atoms with van der Waals surface area (Å²) >= 11 is 0. The van der Waals surface area contributed by atoms with E-state index in [9.17, 15) is 14.4 Å². The third kappa shape index (κ3) is 5.08. The summed E-state index contributed by atoms with van der Waals surface area (Å²) in [7, 11) is 0. The van der Waals surface area contributed by atoms with Crippen LogP contribution in [0.15, 0.2) is 22.8 Å². The first-order valence-corrected chi connectivity index (χ1v) is 8.57. The smallest absolute Gasteiger partial charge is 0.310 e. The SMILES string of the molecule is CCCNC(=O)CNC(=O)COC(=O)Cc1coc2c(C)c(C)ccc12. The highest BCUT2D eigenvalue weighted by atomic mass is 16.5. The summed E-state index contributed by atoms with van der Waals surface area (Å²) in [5.41, 5.74) is 3.61. The maximum atomic E-state index is 12.0. The molecule has 0 fully saturated rings. The number of hydrogen-bond acceptors (Lipinski definition) is 5. The van der Waals surface area contributed by atoms with Crippen molar-refractivity contribution in [2.75, 3.05) is 19.7 Å². The van der Waals surface area contributed by atoms with E-state index < -0.39 is 18.5 Å². The number of benzene rings is 1. The Bertz CT molecular complexity index is 810. The number of nitrogens with one attached hydrogen (secondary N) is 2. The molecule has 0 aliphatic heterocycles. The lowest BCUT2D eigenvalue weighted by Crippen LogP contribution is -2.39. The molecule has 26 heavy (non-hydrogen) atoms. The molecule has 0 unspecified atom stereocenters. The minimum atomic E-state index is -0.531. The van der Waals surface area contributed by atoms with Crippen LogP contribution in [0, 0.1) is 13.8 Å². The van der Waals surface area contributed by atoms with E-state index in [1.54, 1.807) is 0 Å². The molecule has 0 atom stereocenters. The summed E-state index contributed by atoms with van der Waals surface area (Å²) < 4.78 is 10.5. The molecule has 7 heteroatoms. The van der Waals surface area contributed by atoms with E-state index in [2.05, 4.69) is 10.6 Å². The molecule has 0 spiro atoms. The van der Waals surface area contributed by atoms with Gasteiger partial charge in [0.25, 0.3) is 5.91 Å². The second-order valence-corrected chi connectivity index (χ2v) is 6.11. The zero-order valence-corrected chi connectivity index (χ0v) is 15.3. The molecule has 2 N–H and O–H groups in total. The van der Waals surface area contributed by atoms with Crippen molar-refractivity contribution in [2.45, 2.75) is 33.6 Å². The van der Waals surface area contributed by atoms with Crippen molar-refractivity contribution in [1.82, 2.24) is 10.6 Å². The molecule has 1 aromatic heterocycles. The topological polar surface area (TPSA) is 97.6 Å². The number of furan rings is 1. The number of hydrogen-bond donors (Lipinski definition) is 2. The Balaban J connectivity index is 1.81. The van der Waals surface area contributed by atoms with Gasteiger partial charge in [0.1, 0.15) is 5.58 Å². The van der Waals surface area contributed by atoms with Gasteiger partial charge in [0.2, 0.25) is 5.91 Å². The Morgan fingerprint density at radius 3 is 2.62 bits per heavy atom. The van der Waals surface area contributed by atoms with Crippen molar-refractivity contribution in [3.63, 3.8) is 0 Å².